The van der Waals surface area contributed by atoms with Crippen molar-refractivity contribution in [2.24, 2.45) is 5.28 Å². The normalized spacial score (nSPS) is 10.4. The summed E-state index contributed by atoms with van der Waals surface area (Å²) >= 11 is 0. The van der Waals surface area contributed by atoms with Crippen molar-refractivity contribution >= 4 is 29.6 Å². The monoisotopic (exact) mass is 157 g/mol. The molecule has 10 heavy (non-hydrogen) atoms. The average Bonchev–Trinajstić information content (AvgIpc) is 1.90. The van der Waals surface area contributed by atoms with Crippen LogP contribution < -0.4 is 0 Å². The molecule has 0 aromatic carbocycles. The van der Waals surface area contributed by atoms with Crippen LogP contribution in [-0.4, -0.2) is 57.8 Å². The van der Waals surface area contributed by atoms with Gasteiger partial charge in [-0.15, -0.1) is 5.01 Å². The van der Waals surface area contributed by atoms with Gasteiger partial charge in [0.15, 0.2) is 0 Å². The third-order valence-corrected chi connectivity index (χ3v) is 1.05. The van der Waals surface area contributed by atoms with Crippen LogP contribution in [0.1, 0.15) is 13.8 Å². The van der Waals surface area contributed by atoms with E-state index in [-0.39, 0.29) is 34.5 Å². The van der Waals surface area contributed by atoms with Crippen molar-refractivity contribution in [3.8, 4) is 0 Å². The van der Waals surface area contributed by atoms with Gasteiger partial charge in [-0.3, -0.25) is 0 Å². The van der Waals surface area contributed by atoms with Gasteiger partial charge in [-0.1, -0.05) is 0 Å². The van der Waals surface area contributed by atoms with Gasteiger partial charge >= 0.3 is 29.6 Å². The first kappa shape index (κ1) is 12.7. The predicted molar refractivity (Wildman–Crippen MR) is 37.9 cm³/mol. The molecule has 56 valence electrons. The Labute approximate surface area is 82.1 Å². The Morgan fingerprint density at radius 1 is 1.50 bits per heavy atom. The number of hydrogen-bond acceptors (Lipinski definition) is 2. The molecule has 5 nitrogen and oxygen atoms in total. The minimum atomic E-state index is 0. The summed E-state index contributed by atoms with van der Waals surface area (Å²) in [5.74, 6) is 0. The van der Waals surface area contributed by atoms with Crippen LogP contribution in [0.25, 0.3) is 0 Å². The summed E-state index contributed by atoms with van der Waals surface area (Å²) in [5, 5.41) is 22.1. The maximum absolute atomic E-state index is 10.4. The fraction of sp³-hybridized carbons (Fsp3) is 1.00. The predicted octanol–water partition coefficient (Wildman–Crippen LogP) is -0.0536. The van der Waals surface area contributed by atoms with E-state index < -0.39 is 0 Å². The second kappa shape index (κ2) is 7.11. The van der Waals surface area contributed by atoms with Gasteiger partial charge in [0.05, 0.1) is 18.1 Å². The van der Waals surface area contributed by atoms with E-state index in [0.717, 1.165) is 0 Å². The van der Waals surface area contributed by atoms with Crippen LogP contribution in [0, 0.1) is 5.21 Å². The summed E-state index contributed by atoms with van der Waals surface area (Å²) in [6.07, 6.45) is 0. The van der Waals surface area contributed by atoms with Gasteiger partial charge < -0.3 is 10.4 Å². The van der Waals surface area contributed by atoms with Gasteiger partial charge in [-0.2, -0.15) is 0 Å². The molecule has 0 aliphatic heterocycles. The SMILES string of the molecule is CCN(CC)[N+]([O-])=NO.[NaH]. The van der Waals surface area contributed by atoms with Gasteiger partial charge in [0.2, 0.25) is 5.28 Å². The molecule has 0 aliphatic carbocycles. The van der Waals surface area contributed by atoms with Crippen LogP contribution in [0.5, 0.6) is 0 Å². The van der Waals surface area contributed by atoms with E-state index in [1.54, 1.807) is 13.8 Å². The number of rotatable bonds is 3. The Morgan fingerprint density at radius 2 is 1.90 bits per heavy atom. The molecule has 0 fully saturated rings. The van der Waals surface area contributed by atoms with Crippen LogP contribution >= 0.6 is 0 Å². The molecule has 0 aromatic rings. The van der Waals surface area contributed by atoms with Gasteiger partial charge in [0, 0.05) is 0 Å². The minimum absolute atomic E-state index is 0. The van der Waals surface area contributed by atoms with Crippen molar-refractivity contribution in [1.82, 2.24) is 5.01 Å². The summed E-state index contributed by atoms with van der Waals surface area (Å²) in [6, 6.07) is 0. The van der Waals surface area contributed by atoms with E-state index in [1.807, 2.05) is 0 Å². The molecule has 0 heterocycles. The second-order valence-electron chi connectivity index (χ2n) is 1.48. The molecule has 0 atom stereocenters. The number of nitrogens with zero attached hydrogens (tertiary/aromatic N) is 3. The Morgan fingerprint density at radius 3 is 2.00 bits per heavy atom. The first-order chi connectivity index (χ1) is 4.26. The molecule has 0 bridgehead atoms. The number of hydrazine groups is 1. The summed E-state index contributed by atoms with van der Waals surface area (Å²) in [5.41, 5.74) is 0. The molecule has 0 amide bonds. The molecule has 0 saturated carbocycles. The Hall–Kier alpha value is 0. The van der Waals surface area contributed by atoms with E-state index in [0.29, 0.717) is 13.1 Å². The summed E-state index contributed by atoms with van der Waals surface area (Å²) in [7, 11) is 0. The van der Waals surface area contributed by atoms with Gasteiger partial charge in [0.25, 0.3) is 0 Å². The standard InChI is InChI=1S/C4H11N3O2.Na.H/c1-3-6(4-2)7(9)5-8;;/h8H,3-4H2,1-2H3;;. The van der Waals surface area contributed by atoms with E-state index >= 15 is 0 Å². The zero-order chi connectivity index (χ0) is 7.28. The van der Waals surface area contributed by atoms with Crippen LogP contribution in [0.2, 0.25) is 0 Å². The van der Waals surface area contributed by atoms with Crippen molar-refractivity contribution in [2.75, 3.05) is 13.1 Å². The Bertz CT molecular complexity index is 105. The van der Waals surface area contributed by atoms with E-state index in [9.17, 15) is 5.21 Å². The second-order valence-corrected chi connectivity index (χ2v) is 1.48. The van der Waals surface area contributed by atoms with Crippen LogP contribution in [0.3, 0.4) is 0 Å². The zero-order valence-electron chi connectivity index (χ0n) is 5.61. The third kappa shape index (κ3) is 3.92. The van der Waals surface area contributed by atoms with Crippen LogP contribution in [0.4, 0.5) is 0 Å². The van der Waals surface area contributed by atoms with E-state index in [2.05, 4.69) is 5.28 Å². The van der Waals surface area contributed by atoms with Gasteiger partial charge in [0.1, 0.15) is 0 Å². The van der Waals surface area contributed by atoms with Crippen LogP contribution in [-0.2, 0) is 0 Å². The number of hydrogen-bond donors (Lipinski definition) is 1. The fourth-order valence-corrected chi connectivity index (χ4v) is 0.522. The van der Waals surface area contributed by atoms with Crippen molar-refractivity contribution < 1.29 is 10.2 Å². The molecule has 0 saturated heterocycles. The quantitative estimate of drug-likeness (QED) is 0.270. The van der Waals surface area contributed by atoms with Gasteiger partial charge in [-0.25, -0.2) is 0 Å². The van der Waals surface area contributed by atoms with Crippen molar-refractivity contribution in [2.45, 2.75) is 13.8 Å². The average molecular weight is 157 g/mol. The fourth-order valence-electron chi connectivity index (χ4n) is 0.522. The Balaban J connectivity index is 0. The molecular formula is C4H12N3NaO2. The topological polar surface area (TPSA) is 61.9 Å². The molecule has 0 spiro atoms. The van der Waals surface area contributed by atoms with Crippen molar-refractivity contribution in [3.05, 3.63) is 5.21 Å². The molecule has 1 N–H and O–H groups in total. The third-order valence-electron chi connectivity index (χ3n) is 1.05. The summed E-state index contributed by atoms with van der Waals surface area (Å²) in [6.45, 7) is 4.70. The Kier molecular flexibility index (Phi) is 9.00. The first-order valence-corrected chi connectivity index (χ1v) is 2.83. The first-order valence-electron chi connectivity index (χ1n) is 2.83. The van der Waals surface area contributed by atoms with Crippen molar-refractivity contribution in [3.63, 3.8) is 0 Å². The van der Waals surface area contributed by atoms with E-state index in [4.69, 9.17) is 5.21 Å². The van der Waals surface area contributed by atoms with E-state index in [1.165, 1.54) is 5.01 Å². The molecule has 0 aliphatic rings. The van der Waals surface area contributed by atoms with Crippen LogP contribution in [0.15, 0.2) is 5.28 Å². The van der Waals surface area contributed by atoms with Gasteiger partial charge in [-0.05, 0) is 13.8 Å². The molecular weight excluding hydrogens is 145 g/mol. The molecule has 6 heteroatoms. The van der Waals surface area contributed by atoms with Crippen molar-refractivity contribution in [1.29, 1.82) is 0 Å². The molecule has 0 aromatic heterocycles. The molecule has 0 rings (SSSR count). The maximum atomic E-state index is 10.4. The molecule has 0 unspecified atom stereocenters. The summed E-state index contributed by atoms with van der Waals surface area (Å²) < 4.78 is 0. The zero-order valence-corrected chi connectivity index (χ0v) is 5.61. The summed E-state index contributed by atoms with van der Waals surface area (Å²) in [4.78, 5) is 0.167. The molecule has 0 radical (unpaired) electrons.